The summed E-state index contributed by atoms with van der Waals surface area (Å²) in [5.74, 6) is 0. The second-order valence-corrected chi connectivity index (χ2v) is 20.7. The zero-order chi connectivity index (χ0) is 50.3. The van der Waals surface area contributed by atoms with Crippen LogP contribution in [0, 0.1) is 0 Å². The van der Waals surface area contributed by atoms with Crippen molar-refractivity contribution in [2.45, 2.75) is 5.41 Å². The molecule has 0 aliphatic heterocycles. The molecular weight excluding hydrogens is 933 g/mol. The summed E-state index contributed by atoms with van der Waals surface area (Å²) in [6, 6.07) is 104. The van der Waals surface area contributed by atoms with Crippen LogP contribution in [0.25, 0.3) is 121 Å². The molecule has 77 heavy (non-hydrogen) atoms. The largest absolute Gasteiger partial charge is 0.309 e. The third-order valence-corrected chi connectivity index (χ3v) is 17.0. The van der Waals surface area contributed by atoms with Gasteiger partial charge in [0.15, 0.2) is 0 Å². The van der Waals surface area contributed by atoms with E-state index in [9.17, 15) is 0 Å². The Morgan fingerprint density at radius 3 is 0.961 bits per heavy atom. The predicted molar refractivity (Wildman–Crippen MR) is 321 cm³/mol. The highest BCUT2D eigenvalue weighted by atomic mass is 15.0. The lowest BCUT2D eigenvalue weighted by Gasteiger charge is -2.34. The average molecular weight is 979 g/mol. The zero-order valence-electron chi connectivity index (χ0n) is 41.8. The fourth-order valence-corrected chi connectivity index (χ4v) is 14.0. The van der Waals surface area contributed by atoms with Crippen LogP contribution in [0.1, 0.15) is 22.3 Å². The monoisotopic (exact) mass is 978 g/mol. The van der Waals surface area contributed by atoms with Crippen molar-refractivity contribution in [3.8, 4) is 33.9 Å². The predicted octanol–water partition coefficient (Wildman–Crippen LogP) is 18.4. The number of hydrogen-bond acceptors (Lipinski definition) is 0. The smallest absolute Gasteiger partial charge is 0.0714 e. The lowest BCUT2D eigenvalue weighted by atomic mass is 9.67. The number of aromatic nitrogens is 4. The molecule has 0 bridgehead atoms. The molecule has 1 aliphatic rings. The van der Waals surface area contributed by atoms with E-state index in [1.54, 1.807) is 0 Å². The Morgan fingerprint density at radius 2 is 0.545 bits per heavy atom. The SMILES string of the molecule is c1ccc(-n2c3ccccc3c3c2ccc2c4cc(C5(c6ccc7c(c6)c6ccc8c(c9ccccc9n8-c8ccccc8)c6n7-c6ccccc6)c6ccccc6-c6ccccc65)ccc4n(-c4ccccc4)c23)cc1. The van der Waals surface area contributed by atoms with Gasteiger partial charge in [0, 0.05) is 65.8 Å². The van der Waals surface area contributed by atoms with E-state index in [0.29, 0.717) is 0 Å². The first-order chi connectivity index (χ1) is 38.3. The number of para-hydroxylation sites is 6. The topological polar surface area (TPSA) is 19.7 Å². The van der Waals surface area contributed by atoms with Gasteiger partial charge in [-0.05, 0) is 130 Å². The van der Waals surface area contributed by atoms with Gasteiger partial charge in [-0.15, -0.1) is 0 Å². The molecule has 0 unspecified atom stereocenters. The maximum absolute atomic E-state index is 2.54. The lowest BCUT2D eigenvalue weighted by molar-refractivity contribution is 0.771. The van der Waals surface area contributed by atoms with Gasteiger partial charge in [0.05, 0.1) is 49.5 Å². The number of nitrogens with zero attached hydrogens (tertiary/aromatic N) is 4. The molecule has 0 atom stereocenters. The van der Waals surface area contributed by atoms with E-state index >= 15 is 0 Å². The minimum atomic E-state index is -0.668. The van der Waals surface area contributed by atoms with Crippen molar-refractivity contribution >= 4 is 87.2 Å². The van der Waals surface area contributed by atoms with Gasteiger partial charge >= 0.3 is 0 Å². The van der Waals surface area contributed by atoms with Crippen LogP contribution in [0.3, 0.4) is 0 Å². The highest BCUT2D eigenvalue weighted by Gasteiger charge is 2.46. The summed E-state index contributed by atoms with van der Waals surface area (Å²) in [6.07, 6.45) is 0. The van der Waals surface area contributed by atoms with Crippen molar-refractivity contribution in [2.75, 3.05) is 0 Å². The molecule has 0 spiro atoms. The zero-order valence-corrected chi connectivity index (χ0v) is 41.8. The minimum Gasteiger partial charge on any atom is -0.309 e. The number of hydrogen-bond donors (Lipinski definition) is 0. The van der Waals surface area contributed by atoms with Gasteiger partial charge in [-0.2, -0.15) is 0 Å². The van der Waals surface area contributed by atoms with Gasteiger partial charge in [-0.25, -0.2) is 0 Å². The molecule has 0 radical (unpaired) electrons. The van der Waals surface area contributed by atoms with Crippen LogP contribution < -0.4 is 0 Å². The van der Waals surface area contributed by atoms with Gasteiger partial charge in [-0.1, -0.05) is 182 Å². The summed E-state index contributed by atoms with van der Waals surface area (Å²) in [5.41, 5.74) is 21.0. The first kappa shape index (κ1) is 42.2. The standard InChI is InChI=1S/C73H46N4/c1-5-21-49(22-6-1)74-63-35-19-15-31-57(63)69-67(74)43-39-55-59-45-47(37-41-65(59)76(71(55)69)51-25-9-3-10-26-51)73(61-33-17-13-29-53(61)54-30-14-18-34-62(54)73)48-38-42-66-60(46-48)56-40-44-68-70(72(56)77(66)52-27-11-4-12-28-52)58-32-16-20-36-64(58)75(68)50-23-7-2-8-24-50/h1-46H. The van der Waals surface area contributed by atoms with E-state index < -0.39 is 5.41 Å². The molecule has 0 saturated carbocycles. The summed E-state index contributed by atoms with van der Waals surface area (Å²) < 4.78 is 9.89. The molecule has 0 saturated heterocycles. The van der Waals surface area contributed by atoms with Crippen molar-refractivity contribution < 1.29 is 0 Å². The van der Waals surface area contributed by atoms with E-state index in [1.807, 2.05) is 0 Å². The van der Waals surface area contributed by atoms with Crippen LogP contribution in [0.15, 0.2) is 279 Å². The fourth-order valence-electron chi connectivity index (χ4n) is 14.0. The maximum atomic E-state index is 2.54. The Morgan fingerprint density at radius 1 is 0.221 bits per heavy atom. The first-order valence-electron chi connectivity index (χ1n) is 26.7. The molecule has 12 aromatic carbocycles. The van der Waals surface area contributed by atoms with E-state index in [0.717, 1.165) is 22.7 Å². The van der Waals surface area contributed by atoms with Crippen LogP contribution in [-0.4, -0.2) is 18.3 Å². The Bertz CT molecular complexity index is 4750. The summed E-state index contributed by atoms with van der Waals surface area (Å²) in [4.78, 5) is 0. The van der Waals surface area contributed by atoms with Crippen LogP contribution in [0.4, 0.5) is 0 Å². The fraction of sp³-hybridized carbons (Fsp3) is 0.0137. The third kappa shape index (κ3) is 5.65. The Kier molecular flexibility index (Phi) is 8.73. The van der Waals surface area contributed by atoms with Crippen LogP contribution in [0.5, 0.6) is 0 Å². The highest BCUT2D eigenvalue weighted by molar-refractivity contribution is 6.28. The van der Waals surface area contributed by atoms with E-state index in [1.165, 1.54) is 121 Å². The first-order valence-corrected chi connectivity index (χ1v) is 26.7. The molecule has 358 valence electrons. The summed E-state index contributed by atoms with van der Waals surface area (Å²) in [6.45, 7) is 0. The molecule has 17 rings (SSSR count). The van der Waals surface area contributed by atoms with Crippen molar-refractivity contribution in [3.63, 3.8) is 0 Å². The van der Waals surface area contributed by atoms with Crippen molar-refractivity contribution in [2.24, 2.45) is 0 Å². The second-order valence-electron chi connectivity index (χ2n) is 20.7. The molecule has 0 N–H and O–H groups in total. The minimum absolute atomic E-state index is 0.668. The van der Waals surface area contributed by atoms with Crippen LogP contribution >= 0.6 is 0 Å². The van der Waals surface area contributed by atoms with Gasteiger partial charge in [-0.3, -0.25) is 0 Å². The van der Waals surface area contributed by atoms with Gasteiger partial charge in [0.25, 0.3) is 0 Å². The van der Waals surface area contributed by atoms with Crippen molar-refractivity contribution in [1.82, 2.24) is 18.3 Å². The van der Waals surface area contributed by atoms with Gasteiger partial charge < -0.3 is 18.3 Å². The van der Waals surface area contributed by atoms with Crippen LogP contribution in [0.2, 0.25) is 0 Å². The van der Waals surface area contributed by atoms with Crippen molar-refractivity contribution in [3.05, 3.63) is 301 Å². The second kappa shape index (κ2) is 15.9. The normalized spacial score (nSPS) is 13.0. The van der Waals surface area contributed by atoms with E-state index in [-0.39, 0.29) is 0 Å². The quantitative estimate of drug-likeness (QED) is 0.158. The van der Waals surface area contributed by atoms with E-state index in [4.69, 9.17) is 0 Å². The molecule has 16 aromatic rings. The molecular formula is C73H46N4. The highest BCUT2D eigenvalue weighted by Crippen LogP contribution is 2.58. The number of benzene rings is 12. The molecule has 0 fully saturated rings. The molecule has 0 amide bonds. The number of rotatable bonds is 6. The third-order valence-electron chi connectivity index (χ3n) is 17.0. The summed E-state index contributed by atoms with van der Waals surface area (Å²) in [7, 11) is 0. The van der Waals surface area contributed by atoms with Crippen LogP contribution in [-0.2, 0) is 5.41 Å². The molecule has 4 heteroatoms. The van der Waals surface area contributed by atoms with Gasteiger partial charge in [0.2, 0.25) is 0 Å². The lowest BCUT2D eigenvalue weighted by Crippen LogP contribution is -2.28. The maximum Gasteiger partial charge on any atom is 0.0714 e. The Balaban J connectivity index is 0.992. The van der Waals surface area contributed by atoms with Gasteiger partial charge in [0.1, 0.15) is 0 Å². The molecule has 1 aliphatic carbocycles. The molecule has 4 aromatic heterocycles. The Labute approximate surface area is 443 Å². The summed E-state index contributed by atoms with van der Waals surface area (Å²) >= 11 is 0. The average Bonchev–Trinajstić information content (AvgIpc) is 4.37. The summed E-state index contributed by atoms with van der Waals surface area (Å²) in [5, 5.41) is 9.86. The molecule has 4 heterocycles. The Hall–Kier alpha value is -10.2. The molecule has 4 nitrogen and oxygen atoms in total. The van der Waals surface area contributed by atoms with Crippen molar-refractivity contribution in [1.29, 1.82) is 0 Å². The number of fused-ring (bicyclic) bond motifs is 17. The van der Waals surface area contributed by atoms with E-state index in [2.05, 4.69) is 297 Å².